The Hall–Kier alpha value is -4.13. The van der Waals surface area contributed by atoms with Gasteiger partial charge in [0.2, 0.25) is 5.91 Å². The molecule has 0 aromatic carbocycles. The van der Waals surface area contributed by atoms with E-state index in [2.05, 4.69) is 153 Å². The zero-order chi connectivity index (χ0) is 72.2. The lowest BCUT2D eigenvalue weighted by Crippen LogP contribution is -2.65. The summed E-state index contributed by atoms with van der Waals surface area (Å²) in [6, 6.07) is -0.949. The van der Waals surface area contributed by atoms with E-state index >= 15 is 0 Å². The number of allylic oxidation sites excluding steroid dienone is 23. The molecule has 100 heavy (non-hydrogen) atoms. The van der Waals surface area contributed by atoms with Gasteiger partial charge in [0.15, 0.2) is 12.6 Å². The van der Waals surface area contributed by atoms with E-state index in [-0.39, 0.29) is 18.9 Å². The van der Waals surface area contributed by atoms with Gasteiger partial charge in [0.1, 0.15) is 48.8 Å². The van der Waals surface area contributed by atoms with E-state index in [4.69, 9.17) is 18.9 Å². The summed E-state index contributed by atoms with van der Waals surface area (Å²) >= 11 is 0. The van der Waals surface area contributed by atoms with Gasteiger partial charge >= 0.3 is 0 Å². The number of nitrogens with one attached hydrogen (secondary N) is 1. The maximum absolute atomic E-state index is 13.4. The summed E-state index contributed by atoms with van der Waals surface area (Å²) in [5, 5.41) is 87.6. The summed E-state index contributed by atoms with van der Waals surface area (Å²) < 4.78 is 22.9. The second-order valence-corrected chi connectivity index (χ2v) is 27.4. The van der Waals surface area contributed by atoms with Crippen LogP contribution >= 0.6 is 0 Å². The topological polar surface area (TPSA) is 228 Å². The van der Waals surface area contributed by atoms with Crippen LogP contribution in [-0.2, 0) is 23.7 Å². The number of ether oxygens (including phenoxy) is 4. The average Bonchev–Trinajstić information content (AvgIpc) is 0.791. The molecule has 0 radical (unpaired) electrons. The van der Waals surface area contributed by atoms with Gasteiger partial charge in [-0.05, 0) is 116 Å². The highest BCUT2D eigenvalue weighted by molar-refractivity contribution is 5.76. The summed E-state index contributed by atoms with van der Waals surface area (Å²) in [6.07, 6.45) is 86.3. The van der Waals surface area contributed by atoms with Crippen LogP contribution in [0.15, 0.2) is 146 Å². The van der Waals surface area contributed by atoms with Gasteiger partial charge in [0.25, 0.3) is 0 Å². The first-order valence-corrected chi connectivity index (χ1v) is 40.1. The molecule has 2 aliphatic heterocycles. The molecular weight excluding hydrogens is 1250 g/mol. The van der Waals surface area contributed by atoms with Crippen molar-refractivity contribution in [3.05, 3.63) is 146 Å². The Morgan fingerprint density at radius 3 is 1.10 bits per heavy atom. The van der Waals surface area contributed by atoms with E-state index < -0.39 is 86.8 Å². The van der Waals surface area contributed by atoms with Gasteiger partial charge in [-0.2, -0.15) is 0 Å². The lowest BCUT2D eigenvalue weighted by molar-refractivity contribution is -0.359. The van der Waals surface area contributed by atoms with Crippen molar-refractivity contribution in [2.75, 3.05) is 19.8 Å². The number of unbranched alkanes of at least 4 members (excludes halogenated alkanes) is 30. The van der Waals surface area contributed by atoms with Crippen molar-refractivity contribution in [1.82, 2.24) is 5.32 Å². The third-order valence-electron chi connectivity index (χ3n) is 18.5. The van der Waals surface area contributed by atoms with Crippen LogP contribution in [0.4, 0.5) is 0 Å². The van der Waals surface area contributed by atoms with Gasteiger partial charge in [-0.3, -0.25) is 4.79 Å². The zero-order valence-electron chi connectivity index (χ0n) is 62.6. The molecule has 0 aromatic rings. The lowest BCUT2D eigenvalue weighted by atomic mass is 9.97. The molecule has 0 spiro atoms. The average molecular weight is 1400 g/mol. The predicted molar refractivity (Wildman–Crippen MR) is 414 cm³/mol. The molecule has 12 atom stereocenters. The monoisotopic (exact) mass is 1400 g/mol. The van der Waals surface area contributed by atoms with E-state index in [1.54, 1.807) is 6.08 Å². The first kappa shape index (κ1) is 92.0. The number of carbonyl (C=O) groups excluding carboxylic acids is 1. The van der Waals surface area contributed by atoms with Gasteiger partial charge in [-0.15, -0.1) is 0 Å². The number of hydrogen-bond acceptors (Lipinski definition) is 13. The third-order valence-corrected chi connectivity index (χ3v) is 18.5. The van der Waals surface area contributed by atoms with Crippen molar-refractivity contribution in [2.24, 2.45) is 0 Å². The first-order valence-electron chi connectivity index (χ1n) is 40.1. The summed E-state index contributed by atoms with van der Waals surface area (Å²) in [5.74, 6) is -0.258. The van der Waals surface area contributed by atoms with Crippen LogP contribution in [0.25, 0.3) is 0 Å². The quantitative estimate of drug-likeness (QED) is 0.0204. The molecule has 2 aliphatic rings. The molecule has 12 unspecified atom stereocenters. The van der Waals surface area contributed by atoms with E-state index in [9.17, 15) is 45.6 Å². The molecule has 2 fully saturated rings. The van der Waals surface area contributed by atoms with Crippen LogP contribution in [0.1, 0.15) is 296 Å². The Kier molecular flexibility index (Phi) is 62.5. The number of aliphatic hydroxyl groups excluding tert-OH is 8. The van der Waals surface area contributed by atoms with E-state index in [1.807, 2.05) is 6.08 Å². The minimum atomic E-state index is -1.80. The van der Waals surface area contributed by atoms with E-state index in [1.165, 1.54) is 154 Å². The van der Waals surface area contributed by atoms with Crippen LogP contribution in [0.3, 0.4) is 0 Å². The summed E-state index contributed by atoms with van der Waals surface area (Å²) in [7, 11) is 0. The fourth-order valence-electron chi connectivity index (χ4n) is 12.2. The highest BCUT2D eigenvalue weighted by Crippen LogP contribution is 2.30. The van der Waals surface area contributed by atoms with Gasteiger partial charge in [0, 0.05) is 6.42 Å². The Morgan fingerprint density at radius 1 is 0.370 bits per heavy atom. The molecule has 2 rings (SSSR count). The smallest absolute Gasteiger partial charge is 0.220 e. The second kappa shape index (κ2) is 68.0. The third kappa shape index (κ3) is 50.3. The van der Waals surface area contributed by atoms with Crippen molar-refractivity contribution < 1.29 is 64.6 Å². The van der Waals surface area contributed by atoms with Crippen LogP contribution in [0.5, 0.6) is 0 Å². The Morgan fingerprint density at radius 2 is 0.700 bits per heavy atom. The first-order chi connectivity index (χ1) is 49.1. The standard InChI is InChI=1S/C86H145NO13/c1-3-5-7-9-11-13-15-17-19-21-23-25-27-29-30-31-32-33-34-35-36-37-38-39-40-41-42-43-44-46-48-50-52-54-56-58-60-62-64-66-68-70-78(91)87-74(73-97-85-83(96)81(94)84(77(72-89)99-85)100-86-82(95)80(93)79(92)76(71-88)98-86)75(90)69-67-65-63-61-59-57-55-53-51-49-47-45-28-26-24-22-20-18-16-14-12-10-8-6-4-2/h5,7,11,13,17,19,23,25,29-30,32-33,35-36,38-39,41-42,51,53,59,61,67,69,74-77,79-86,88-90,92-96H,3-4,6,8-10,12,14-16,18,20-22,24,26-28,31,34,37,40,43-50,52,54-58,60,62-66,68,70-73H2,1-2H3,(H,87,91)/b7-5-,13-11-,19-17-,25-23-,30-29-,33-32-,36-35-,39-38-,42-41-,53-51+,61-59+,69-67+. The molecule has 0 bridgehead atoms. The van der Waals surface area contributed by atoms with Gasteiger partial charge in [0.05, 0.1) is 32.0 Å². The number of amides is 1. The summed E-state index contributed by atoms with van der Waals surface area (Å²) in [4.78, 5) is 13.4. The Balaban J connectivity index is 1.63. The number of aliphatic hydroxyl groups is 8. The molecule has 0 saturated carbocycles. The number of carbonyl (C=O) groups is 1. The number of rotatable bonds is 65. The fourth-order valence-corrected chi connectivity index (χ4v) is 12.2. The molecular formula is C86H145NO13. The van der Waals surface area contributed by atoms with Crippen LogP contribution in [-0.4, -0.2) is 140 Å². The molecule has 9 N–H and O–H groups in total. The molecule has 0 aromatic heterocycles. The summed E-state index contributed by atoms with van der Waals surface area (Å²) in [6.45, 7) is 2.68. The normalized spacial score (nSPS) is 22.7. The van der Waals surface area contributed by atoms with Crippen LogP contribution < -0.4 is 5.32 Å². The minimum absolute atomic E-state index is 0.258. The fraction of sp³-hybridized carbons (Fsp3) is 0.709. The SMILES string of the molecule is CC/C=C\C/C=C\C/C=C\C/C=C\C/C=C\C/C=C\C/C=C\C/C=C\C/C=C\CCCCCCCCCCCCCCCC(=O)NC(COC1OC(CO)C(OC2OC(CO)C(O)C(O)C2O)C(O)C1O)C(O)/C=C/CC/C=C/CC/C=C/CCCCCCCCCCCCCCCCC. The molecule has 2 saturated heterocycles. The van der Waals surface area contributed by atoms with Gasteiger partial charge < -0.3 is 65.1 Å². The molecule has 14 heteroatoms. The molecule has 0 aliphatic carbocycles. The summed E-state index contributed by atoms with van der Waals surface area (Å²) in [5.41, 5.74) is 0. The molecule has 572 valence electrons. The van der Waals surface area contributed by atoms with Crippen molar-refractivity contribution in [3.8, 4) is 0 Å². The van der Waals surface area contributed by atoms with Gasteiger partial charge in [-0.25, -0.2) is 0 Å². The van der Waals surface area contributed by atoms with Crippen LogP contribution in [0.2, 0.25) is 0 Å². The van der Waals surface area contributed by atoms with Crippen LogP contribution in [0, 0.1) is 0 Å². The highest BCUT2D eigenvalue weighted by atomic mass is 16.7. The largest absolute Gasteiger partial charge is 0.394 e. The van der Waals surface area contributed by atoms with E-state index in [0.717, 1.165) is 109 Å². The zero-order valence-corrected chi connectivity index (χ0v) is 62.6. The van der Waals surface area contributed by atoms with Crippen molar-refractivity contribution in [3.63, 3.8) is 0 Å². The van der Waals surface area contributed by atoms with Crippen molar-refractivity contribution in [1.29, 1.82) is 0 Å². The van der Waals surface area contributed by atoms with E-state index in [0.29, 0.717) is 12.8 Å². The highest BCUT2D eigenvalue weighted by Gasteiger charge is 2.51. The Labute approximate surface area is 608 Å². The molecule has 1 amide bonds. The maximum Gasteiger partial charge on any atom is 0.220 e. The molecule has 14 nitrogen and oxygen atoms in total. The van der Waals surface area contributed by atoms with Gasteiger partial charge in [-0.1, -0.05) is 320 Å². The second-order valence-electron chi connectivity index (χ2n) is 27.4. The molecule has 2 heterocycles. The maximum atomic E-state index is 13.4. The number of hydrogen-bond donors (Lipinski definition) is 9. The van der Waals surface area contributed by atoms with Crippen molar-refractivity contribution >= 4 is 5.91 Å². The van der Waals surface area contributed by atoms with Crippen molar-refractivity contribution in [2.45, 2.75) is 370 Å². The lowest BCUT2D eigenvalue weighted by Gasteiger charge is -2.46. The Bertz CT molecular complexity index is 2250. The minimum Gasteiger partial charge on any atom is -0.394 e. The predicted octanol–water partition coefficient (Wildman–Crippen LogP) is 18.4.